The molecule has 4 rings (SSSR count). The number of rotatable bonds is 18. The van der Waals surface area contributed by atoms with Gasteiger partial charge in [-0.25, -0.2) is 15.0 Å². The molecular weight excluding hydrogens is 687 g/mol. The standard InChI is InChI=1S/C37H55N7O7S/c1-21(2)30(44(7)36(48)27(15-25-11-12-25)41-34(47)29-10-8-9-13-43(29)6)17-31(51-24(5)45)35-42-28(20-52-35)33(46)40-26(14-23(4)37(49)50)16-32-38-18-22(3)19-39-32/h18-21,23,25-27,29-31H,8-17H2,1-7H3,(H,40,46)(H,41,47)(H,49,50)/t23-,26+,27-,29+,30+,31+/m0/s1. The quantitative estimate of drug-likeness (QED) is 0.188. The molecule has 0 radical (unpaired) electrons. The van der Waals surface area contributed by atoms with Crippen molar-refractivity contribution in [3.05, 3.63) is 39.9 Å². The minimum atomic E-state index is -0.981. The van der Waals surface area contributed by atoms with E-state index in [1.54, 1.807) is 36.6 Å². The fourth-order valence-corrected chi connectivity index (χ4v) is 7.59. The molecule has 0 bridgehead atoms. The maximum absolute atomic E-state index is 14.1. The summed E-state index contributed by atoms with van der Waals surface area (Å²) in [5.41, 5.74) is 0.976. The van der Waals surface area contributed by atoms with Gasteiger partial charge >= 0.3 is 11.9 Å². The Hall–Kier alpha value is -3.98. The molecule has 1 aliphatic heterocycles. The van der Waals surface area contributed by atoms with Crippen LogP contribution < -0.4 is 10.6 Å². The van der Waals surface area contributed by atoms with E-state index in [0.717, 1.165) is 44.2 Å². The van der Waals surface area contributed by atoms with E-state index in [9.17, 15) is 29.1 Å². The number of carboxylic acids is 1. The lowest BCUT2D eigenvalue weighted by Gasteiger charge is -2.37. The fourth-order valence-electron chi connectivity index (χ4n) is 6.75. The predicted octanol–water partition coefficient (Wildman–Crippen LogP) is 3.94. The van der Waals surface area contributed by atoms with Crippen LogP contribution in [0.2, 0.25) is 0 Å². The van der Waals surface area contributed by atoms with Gasteiger partial charge in [0.1, 0.15) is 22.6 Å². The number of likely N-dealkylation sites (N-methyl/N-ethyl adjacent to an activating group) is 2. The predicted molar refractivity (Wildman–Crippen MR) is 195 cm³/mol. The Kier molecular flexibility index (Phi) is 14.6. The number of carboxylic acid groups (broad SMARTS) is 1. The van der Waals surface area contributed by atoms with Crippen molar-refractivity contribution in [2.24, 2.45) is 17.8 Å². The van der Waals surface area contributed by atoms with E-state index in [2.05, 4.69) is 30.5 Å². The van der Waals surface area contributed by atoms with Gasteiger partial charge in [0.25, 0.3) is 5.91 Å². The van der Waals surface area contributed by atoms with E-state index in [-0.39, 0.29) is 54.8 Å². The molecule has 286 valence electrons. The van der Waals surface area contributed by atoms with Gasteiger partial charge in [0.15, 0.2) is 6.10 Å². The zero-order valence-electron chi connectivity index (χ0n) is 31.5. The van der Waals surface area contributed by atoms with Gasteiger partial charge in [0.2, 0.25) is 11.8 Å². The monoisotopic (exact) mass is 741 g/mol. The summed E-state index contributed by atoms with van der Waals surface area (Å²) in [7, 11) is 3.68. The lowest BCUT2D eigenvalue weighted by atomic mass is 9.95. The number of amides is 3. The van der Waals surface area contributed by atoms with Crippen LogP contribution in [0.5, 0.6) is 0 Å². The van der Waals surface area contributed by atoms with Gasteiger partial charge in [-0.1, -0.05) is 40.0 Å². The molecule has 14 nitrogen and oxygen atoms in total. The third-order valence-electron chi connectivity index (χ3n) is 10.0. The molecule has 0 aromatic carbocycles. The van der Waals surface area contributed by atoms with Gasteiger partial charge in [-0.05, 0) is 63.6 Å². The summed E-state index contributed by atoms with van der Waals surface area (Å²) in [4.78, 5) is 81.9. The van der Waals surface area contributed by atoms with Gasteiger partial charge in [-0.2, -0.15) is 0 Å². The lowest BCUT2D eigenvalue weighted by molar-refractivity contribution is -0.149. The van der Waals surface area contributed by atoms with Crippen molar-refractivity contribution in [1.82, 2.24) is 35.4 Å². The second kappa shape index (κ2) is 18.7. The number of aromatic nitrogens is 3. The highest BCUT2D eigenvalue weighted by Crippen LogP contribution is 2.35. The van der Waals surface area contributed by atoms with Crippen molar-refractivity contribution in [3.8, 4) is 0 Å². The number of ether oxygens (including phenoxy) is 1. The van der Waals surface area contributed by atoms with Gasteiger partial charge in [-0.3, -0.25) is 28.9 Å². The summed E-state index contributed by atoms with van der Waals surface area (Å²) >= 11 is 1.17. The molecule has 1 aliphatic carbocycles. The highest BCUT2D eigenvalue weighted by molar-refractivity contribution is 7.09. The van der Waals surface area contributed by atoms with Crippen LogP contribution in [0, 0.1) is 24.7 Å². The Morgan fingerprint density at radius 2 is 1.75 bits per heavy atom. The summed E-state index contributed by atoms with van der Waals surface area (Å²) in [5.74, 6) is -2.22. The third kappa shape index (κ3) is 11.8. The van der Waals surface area contributed by atoms with Crippen LogP contribution in [0.3, 0.4) is 0 Å². The van der Waals surface area contributed by atoms with Gasteiger partial charge in [-0.15, -0.1) is 11.3 Å². The second-order valence-electron chi connectivity index (χ2n) is 14.9. The number of esters is 1. The molecule has 2 fully saturated rings. The van der Waals surface area contributed by atoms with Gasteiger partial charge in [0.05, 0.1) is 12.0 Å². The largest absolute Gasteiger partial charge is 0.481 e. The molecular formula is C37H55N7O7S. The number of nitrogens with one attached hydrogen (secondary N) is 2. The molecule has 3 N–H and O–H groups in total. The number of aliphatic carboxylic acids is 1. The summed E-state index contributed by atoms with van der Waals surface area (Å²) in [6.07, 6.45) is 8.54. The molecule has 0 unspecified atom stereocenters. The van der Waals surface area contributed by atoms with Gasteiger partial charge in [0, 0.05) is 56.7 Å². The molecule has 3 amide bonds. The molecule has 2 aromatic heterocycles. The van der Waals surface area contributed by atoms with Crippen LogP contribution in [0.1, 0.15) is 112 Å². The number of aryl methyl sites for hydroxylation is 1. The van der Waals surface area contributed by atoms with Crippen LogP contribution in [0.25, 0.3) is 0 Å². The number of carbonyl (C=O) groups excluding carboxylic acids is 4. The van der Waals surface area contributed by atoms with Crippen LogP contribution >= 0.6 is 11.3 Å². The Balaban J connectivity index is 1.49. The molecule has 0 spiro atoms. The number of piperidine rings is 1. The maximum atomic E-state index is 14.1. The average Bonchev–Trinajstić information content (AvgIpc) is 3.77. The second-order valence-corrected chi connectivity index (χ2v) is 15.8. The Labute approximate surface area is 310 Å². The number of hydrogen-bond donors (Lipinski definition) is 3. The first-order chi connectivity index (χ1) is 24.6. The van der Waals surface area contributed by atoms with Crippen molar-refractivity contribution in [2.75, 3.05) is 20.6 Å². The molecule has 2 aliphatic rings. The van der Waals surface area contributed by atoms with Crippen molar-refractivity contribution in [2.45, 2.75) is 123 Å². The normalized spacial score (nSPS) is 19.2. The van der Waals surface area contributed by atoms with Crippen LogP contribution in [-0.4, -0.2) is 104 Å². The minimum Gasteiger partial charge on any atom is -0.481 e. The molecule has 3 heterocycles. The van der Waals surface area contributed by atoms with Crippen LogP contribution in [0.15, 0.2) is 17.8 Å². The van der Waals surface area contributed by atoms with Crippen molar-refractivity contribution >= 4 is 41.0 Å². The smallest absolute Gasteiger partial charge is 0.306 e. The lowest BCUT2D eigenvalue weighted by Crippen LogP contribution is -2.56. The average molecular weight is 742 g/mol. The Morgan fingerprint density at radius 3 is 2.35 bits per heavy atom. The minimum absolute atomic E-state index is 0.0440. The number of likely N-dealkylation sites (tertiary alicyclic amines) is 1. The Bertz CT molecular complexity index is 1550. The topological polar surface area (TPSA) is 184 Å². The molecule has 6 atom stereocenters. The third-order valence-corrected chi connectivity index (χ3v) is 11.0. The first-order valence-corrected chi connectivity index (χ1v) is 19.2. The Morgan fingerprint density at radius 1 is 1.06 bits per heavy atom. The molecule has 2 aromatic rings. The van der Waals surface area contributed by atoms with E-state index in [4.69, 9.17) is 4.74 Å². The zero-order chi connectivity index (χ0) is 38.1. The molecule has 15 heteroatoms. The highest BCUT2D eigenvalue weighted by Gasteiger charge is 2.38. The van der Waals surface area contributed by atoms with Crippen LogP contribution in [-0.2, 0) is 30.3 Å². The van der Waals surface area contributed by atoms with E-state index in [0.29, 0.717) is 23.2 Å². The number of nitrogens with zero attached hydrogens (tertiary/aromatic N) is 5. The van der Waals surface area contributed by atoms with Crippen molar-refractivity contribution < 1.29 is 33.8 Å². The first-order valence-electron chi connectivity index (χ1n) is 18.3. The van der Waals surface area contributed by atoms with E-state index >= 15 is 0 Å². The number of thiazole rings is 1. The van der Waals surface area contributed by atoms with Crippen LogP contribution in [0.4, 0.5) is 0 Å². The number of carbonyl (C=O) groups is 5. The van der Waals surface area contributed by atoms with Crippen molar-refractivity contribution in [3.63, 3.8) is 0 Å². The van der Waals surface area contributed by atoms with E-state index in [1.165, 1.54) is 18.3 Å². The number of hydrogen-bond acceptors (Lipinski definition) is 11. The van der Waals surface area contributed by atoms with Gasteiger partial charge < -0.3 is 25.4 Å². The fraction of sp³-hybridized carbons (Fsp3) is 0.676. The SMILES string of the molecule is CC(=O)O[C@H](C[C@H](C(C)C)N(C)C(=O)[C@H](CC1CC1)NC(=O)[C@H]1CCCCN1C)c1nc(C(=O)N[C@@H](Cc2ncc(C)cn2)C[C@H](C)C(=O)O)cs1. The maximum Gasteiger partial charge on any atom is 0.306 e. The van der Waals surface area contributed by atoms with E-state index in [1.807, 2.05) is 27.8 Å². The highest BCUT2D eigenvalue weighted by atomic mass is 32.1. The summed E-state index contributed by atoms with van der Waals surface area (Å²) in [6.45, 7) is 9.56. The van der Waals surface area contributed by atoms with E-state index < -0.39 is 42.0 Å². The summed E-state index contributed by atoms with van der Waals surface area (Å²) in [5, 5.41) is 17.5. The summed E-state index contributed by atoms with van der Waals surface area (Å²) < 4.78 is 5.76. The molecule has 52 heavy (non-hydrogen) atoms. The first kappa shape index (κ1) is 40.8. The zero-order valence-corrected chi connectivity index (χ0v) is 32.3. The van der Waals surface area contributed by atoms with Crippen molar-refractivity contribution in [1.29, 1.82) is 0 Å². The molecule has 1 saturated carbocycles. The molecule has 1 saturated heterocycles. The summed E-state index contributed by atoms with van der Waals surface area (Å²) in [6, 6.07) is -1.88.